The van der Waals surface area contributed by atoms with Gasteiger partial charge in [-0.1, -0.05) is 29.3 Å². The number of alkyl halides is 1. The van der Waals surface area contributed by atoms with Crippen LogP contribution >= 0.6 is 15.9 Å². The van der Waals surface area contributed by atoms with Crippen LogP contribution in [-0.4, -0.2) is 42.6 Å². The summed E-state index contributed by atoms with van der Waals surface area (Å²) in [5, 5.41) is 1.11. The van der Waals surface area contributed by atoms with Crippen LogP contribution in [0.4, 0.5) is 0 Å². The van der Waals surface area contributed by atoms with Gasteiger partial charge in [-0.3, -0.25) is 4.90 Å². The van der Waals surface area contributed by atoms with Crippen molar-refractivity contribution in [2.75, 3.05) is 31.6 Å². The Balaban J connectivity index is 2.00. The van der Waals surface area contributed by atoms with Crippen molar-refractivity contribution >= 4 is 15.9 Å². The van der Waals surface area contributed by atoms with Gasteiger partial charge in [0, 0.05) is 24.5 Å². The Hall–Kier alpha value is 0.400. The predicted molar refractivity (Wildman–Crippen MR) is 64.1 cm³/mol. The second-order valence-electron chi connectivity index (χ2n) is 3.95. The molecule has 1 saturated heterocycles. The number of nitrogens with zero attached hydrogens (tertiary/aromatic N) is 1. The molecule has 1 rings (SSSR count). The van der Waals surface area contributed by atoms with E-state index in [1.807, 2.05) is 0 Å². The van der Waals surface area contributed by atoms with Crippen LogP contribution in [0.3, 0.4) is 0 Å². The Morgan fingerprint density at radius 3 is 3.00 bits per heavy atom. The fraction of sp³-hybridized carbons (Fsp3) is 1.00. The van der Waals surface area contributed by atoms with Crippen LogP contribution in [0.5, 0.6) is 0 Å². The molecule has 84 valence electrons. The summed E-state index contributed by atoms with van der Waals surface area (Å²) in [5.41, 5.74) is 0. The molecule has 0 aliphatic carbocycles. The second kappa shape index (κ2) is 7.66. The van der Waals surface area contributed by atoms with Crippen LogP contribution in [0, 0.1) is 0 Å². The molecule has 0 bridgehead atoms. The first-order valence-corrected chi connectivity index (χ1v) is 6.88. The van der Waals surface area contributed by atoms with Gasteiger partial charge in [-0.05, 0) is 25.8 Å². The number of hydrogen-bond acceptors (Lipinski definition) is 2. The Kier molecular flexibility index (Phi) is 6.82. The lowest BCUT2D eigenvalue weighted by atomic mass is 10.2. The van der Waals surface area contributed by atoms with E-state index in [9.17, 15) is 0 Å². The third-order valence-corrected chi connectivity index (χ3v) is 3.59. The highest BCUT2D eigenvalue weighted by Crippen LogP contribution is 2.18. The molecule has 1 unspecified atom stereocenters. The lowest BCUT2D eigenvalue weighted by molar-refractivity contribution is 0.100. The maximum absolute atomic E-state index is 5.57. The normalized spacial score (nSPS) is 23.1. The van der Waals surface area contributed by atoms with Crippen molar-refractivity contribution in [3.05, 3.63) is 0 Å². The molecular weight excluding hydrogens is 242 g/mol. The molecule has 0 amide bonds. The van der Waals surface area contributed by atoms with Gasteiger partial charge in [0.25, 0.3) is 0 Å². The first-order chi connectivity index (χ1) is 6.88. The molecule has 14 heavy (non-hydrogen) atoms. The van der Waals surface area contributed by atoms with Gasteiger partial charge in [-0.25, -0.2) is 0 Å². The molecule has 0 N–H and O–H groups in total. The summed E-state index contributed by atoms with van der Waals surface area (Å²) in [6.45, 7) is 6.41. The first-order valence-electron chi connectivity index (χ1n) is 5.76. The van der Waals surface area contributed by atoms with Crippen molar-refractivity contribution in [3.63, 3.8) is 0 Å². The molecule has 1 aliphatic rings. The third-order valence-electron chi connectivity index (χ3n) is 2.84. The topological polar surface area (TPSA) is 12.5 Å². The smallest absolute Gasteiger partial charge is 0.0593 e. The van der Waals surface area contributed by atoms with E-state index in [4.69, 9.17) is 4.74 Å². The molecular formula is C11H22BrNO. The monoisotopic (exact) mass is 263 g/mol. The minimum Gasteiger partial charge on any atom is -0.380 e. The number of unbranched alkanes of at least 4 members (excludes halogenated alkanes) is 1. The summed E-state index contributed by atoms with van der Waals surface area (Å²) in [4.78, 5) is 2.54. The lowest BCUT2D eigenvalue weighted by Gasteiger charge is -2.22. The third kappa shape index (κ3) is 4.28. The van der Waals surface area contributed by atoms with Gasteiger partial charge < -0.3 is 4.74 Å². The van der Waals surface area contributed by atoms with E-state index in [2.05, 4.69) is 27.8 Å². The molecule has 0 saturated carbocycles. The Morgan fingerprint density at radius 2 is 2.29 bits per heavy atom. The van der Waals surface area contributed by atoms with Gasteiger partial charge in [-0.15, -0.1) is 0 Å². The summed E-state index contributed by atoms with van der Waals surface area (Å²) in [6.07, 6.45) is 5.13. The first kappa shape index (κ1) is 12.5. The molecule has 0 spiro atoms. The van der Waals surface area contributed by atoms with Crippen molar-refractivity contribution in [1.29, 1.82) is 0 Å². The molecule has 0 radical (unpaired) electrons. The quantitative estimate of drug-likeness (QED) is 0.518. The molecule has 1 aliphatic heterocycles. The largest absolute Gasteiger partial charge is 0.380 e. The molecule has 0 aromatic rings. The van der Waals surface area contributed by atoms with Gasteiger partial charge in [-0.2, -0.15) is 0 Å². The van der Waals surface area contributed by atoms with E-state index in [1.54, 1.807) is 0 Å². The van der Waals surface area contributed by atoms with Crippen LogP contribution < -0.4 is 0 Å². The number of ether oxygens (including phenoxy) is 1. The molecule has 1 fully saturated rings. The maximum Gasteiger partial charge on any atom is 0.0593 e. The van der Waals surface area contributed by atoms with Gasteiger partial charge in [0.15, 0.2) is 0 Å². The van der Waals surface area contributed by atoms with E-state index < -0.39 is 0 Å². The van der Waals surface area contributed by atoms with Crippen LogP contribution in [-0.2, 0) is 4.74 Å². The van der Waals surface area contributed by atoms with Crippen LogP contribution in [0.2, 0.25) is 0 Å². The Labute approximate surface area is 96.1 Å². The Bertz CT molecular complexity index is 143. The average molecular weight is 264 g/mol. The highest BCUT2D eigenvalue weighted by molar-refractivity contribution is 9.09. The summed E-state index contributed by atoms with van der Waals surface area (Å²) in [6, 6.07) is 0.754. The minimum atomic E-state index is 0.754. The minimum absolute atomic E-state index is 0.754. The highest BCUT2D eigenvalue weighted by atomic mass is 79.9. The standard InChI is InChI=1S/C11H22BrNO/c1-2-3-8-14-9-7-13-6-4-5-11(13)10-12/h11H,2-10H2,1H3. The van der Waals surface area contributed by atoms with E-state index in [1.165, 1.54) is 32.2 Å². The average Bonchev–Trinajstić information content (AvgIpc) is 2.65. The molecule has 1 atom stereocenters. The van der Waals surface area contributed by atoms with Gasteiger partial charge in [0.2, 0.25) is 0 Å². The molecule has 0 aromatic carbocycles. The number of rotatable bonds is 7. The maximum atomic E-state index is 5.57. The van der Waals surface area contributed by atoms with Crippen molar-refractivity contribution in [2.45, 2.75) is 38.6 Å². The number of likely N-dealkylation sites (tertiary alicyclic amines) is 1. The lowest BCUT2D eigenvalue weighted by Crippen LogP contribution is -2.33. The van der Waals surface area contributed by atoms with E-state index in [-0.39, 0.29) is 0 Å². The summed E-state index contributed by atoms with van der Waals surface area (Å²) in [5.74, 6) is 0. The van der Waals surface area contributed by atoms with Crippen molar-refractivity contribution in [3.8, 4) is 0 Å². The number of hydrogen-bond donors (Lipinski definition) is 0. The van der Waals surface area contributed by atoms with Crippen molar-refractivity contribution < 1.29 is 4.74 Å². The molecule has 2 nitrogen and oxygen atoms in total. The van der Waals surface area contributed by atoms with Crippen LogP contribution in [0.1, 0.15) is 32.6 Å². The number of halogens is 1. The summed E-state index contributed by atoms with van der Waals surface area (Å²) >= 11 is 3.57. The van der Waals surface area contributed by atoms with Gasteiger partial charge in [0.1, 0.15) is 0 Å². The predicted octanol–water partition coefficient (Wildman–Crippen LogP) is 2.66. The SMILES string of the molecule is CCCCOCCN1CCCC1CBr. The van der Waals surface area contributed by atoms with Crippen molar-refractivity contribution in [1.82, 2.24) is 4.90 Å². The molecule has 1 heterocycles. The van der Waals surface area contributed by atoms with E-state index >= 15 is 0 Å². The molecule has 3 heteroatoms. The summed E-state index contributed by atoms with van der Waals surface area (Å²) in [7, 11) is 0. The second-order valence-corrected chi connectivity index (χ2v) is 4.60. The van der Waals surface area contributed by atoms with Crippen molar-refractivity contribution in [2.24, 2.45) is 0 Å². The fourth-order valence-corrected chi connectivity index (χ4v) is 2.63. The zero-order chi connectivity index (χ0) is 10.2. The van der Waals surface area contributed by atoms with E-state index in [0.29, 0.717) is 0 Å². The Morgan fingerprint density at radius 1 is 1.43 bits per heavy atom. The zero-order valence-corrected chi connectivity index (χ0v) is 10.8. The van der Waals surface area contributed by atoms with Crippen LogP contribution in [0.25, 0.3) is 0 Å². The summed E-state index contributed by atoms with van der Waals surface area (Å²) < 4.78 is 5.57. The fourth-order valence-electron chi connectivity index (χ4n) is 1.89. The zero-order valence-electron chi connectivity index (χ0n) is 9.17. The van der Waals surface area contributed by atoms with Crippen LogP contribution in [0.15, 0.2) is 0 Å². The van der Waals surface area contributed by atoms with Gasteiger partial charge in [0.05, 0.1) is 6.61 Å². The van der Waals surface area contributed by atoms with Gasteiger partial charge >= 0.3 is 0 Å². The molecule has 0 aromatic heterocycles. The highest BCUT2D eigenvalue weighted by Gasteiger charge is 2.22. The van der Waals surface area contributed by atoms with E-state index in [0.717, 1.165) is 31.1 Å².